The van der Waals surface area contributed by atoms with E-state index >= 15 is 0 Å². The molecule has 7 nitrogen and oxygen atoms in total. The Hall–Kier alpha value is -2.28. The molecular formula is C13H14N4O3. The number of hydrogen-bond acceptors (Lipinski definition) is 5. The highest BCUT2D eigenvalue weighted by Gasteiger charge is 2.38. The summed E-state index contributed by atoms with van der Waals surface area (Å²) in [7, 11) is 0. The summed E-state index contributed by atoms with van der Waals surface area (Å²) < 4.78 is 6.57. The topological polar surface area (TPSA) is 77.3 Å². The van der Waals surface area contributed by atoms with Crippen LogP contribution in [0, 0.1) is 0 Å². The van der Waals surface area contributed by atoms with E-state index in [0.29, 0.717) is 23.2 Å². The molecule has 20 heavy (non-hydrogen) atoms. The Morgan fingerprint density at radius 2 is 2.25 bits per heavy atom. The quantitative estimate of drug-likeness (QED) is 0.732. The second kappa shape index (κ2) is 4.38. The summed E-state index contributed by atoms with van der Waals surface area (Å²) in [5.74, 6) is 0. The van der Waals surface area contributed by atoms with E-state index < -0.39 is 0 Å². The largest absolute Gasteiger partial charge is 0.359 e. The maximum atomic E-state index is 12.5. The Morgan fingerprint density at radius 1 is 1.45 bits per heavy atom. The summed E-state index contributed by atoms with van der Waals surface area (Å²) in [4.78, 5) is 24.9. The van der Waals surface area contributed by atoms with Crippen molar-refractivity contribution < 1.29 is 14.3 Å². The lowest BCUT2D eigenvalue weighted by Crippen LogP contribution is -2.46. The zero-order valence-corrected chi connectivity index (χ0v) is 11.2. The summed E-state index contributed by atoms with van der Waals surface area (Å²) in [5.41, 5.74) is 1.21. The van der Waals surface area contributed by atoms with Crippen molar-refractivity contribution >= 4 is 23.4 Å². The summed E-state index contributed by atoms with van der Waals surface area (Å²) in [6.07, 6.45) is 0.734. The average Bonchev–Trinajstić information content (AvgIpc) is 3.00. The molecule has 0 unspecified atom stereocenters. The van der Waals surface area contributed by atoms with Gasteiger partial charge in [-0.05, 0) is 32.0 Å². The SMILES string of the molecule is CC1(C)COCN1C(=O)n1nnc2cc(C=O)ccc21. The number of amides is 1. The molecule has 1 aliphatic rings. The first-order valence-electron chi connectivity index (χ1n) is 6.23. The van der Waals surface area contributed by atoms with Gasteiger partial charge in [0.2, 0.25) is 0 Å². The molecule has 1 saturated heterocycles. The Kier molecular flexibility index (Phi) is 2.79. The van der Waals surface area contributed by atoms with Gasteiger partial charge in [0.15, 0.2) is 0 Å². The molecule has 1 aromatic carbocycles. The highest BCUT2D eigenvalue weighted by Crippen LogP contribution is 2.23. The van der Waals surface area contributed by atoms with Gasteiger partial charge < -0.3 is 4.74 Å². The first kappa shape index (κ1) is 12.7. The molecule has 0 saturated carbocycles. The molecule has 1 aromatic heterocycles. The number of rotatable bonds is 1. The number of ether oxygens (including phenoxy) is 1. The molecule has 104 valence electrons. The number of nitrogens with zero attached hydrogens (tertiary/aromatic N) is 4. The van der Waals surface area contributed by atoms with Crippen molar-refractivity contribution in [3.8, 4) is 0 Å². The summed E-state index contributed by atoms with van der Waals surface area (Å²) in [5, 5.41) is 7.82. The van der Waals surface area contributed by atoms with E-state index in [1.165, 1.54) is 4.68 Å². The van der Waals surface area contributed by atoms with Crippen molar-refractivity contribution in [2.45, 2.75) is 19.4 Å². The van der Waals surface area contributed by atoms with Gasteiger partial charge in [0.05, 0.1) is 17.7 Å². The first-order valence-corrected chi connectivity index (χ1v) is 6.23. The van der Waals surface area contributed by atoms with E-state index in [2.05, 4.69) is 10.3 Å². The normalized spacial score (nSPS) is 17.6. The second-order valence-electron chi connectivity index (χ2n) is 5.37. The Morgan fingerprint density at radius 3 is 2.90 bits per heavy atom. The zero-order valence-electron chi connectivity index (χ0n) is 11.2. The lowest BCUT2D eigenvalue weighted by Gasteiger charge is -2.28. The number of benzene rings is 1. The Bertz CT molecular complexity index is 692. The van der Waals surface area contributed by atoms with Gasteiger partial charge in [-0.2, -0.15) is 4.68 Å². The third-order valence-electron chi connectivity index (χ3n) is 3.42. The summed E-state index contributed by atoms with van der Waals surface area (Å²) in [6, 6.07) is 4.62. The van der Waals surface area contributed by atoms with Gasteiger partial charge in [-0.15, -0.1) is 5.10 Å². The molecule has 1 amide bonds. The van der Waals surface area contributed by atoms with Crippen LogP contribution in [0.5, 0.6) is 0 Å². The van der Waals surface area contributed by atoms with Crippen LogP contribution in [-0.2, 0) is 4.74 Å². The molecule has 0 bridgehead atoms. The van der Waals surface area contributed by atoms with Gasteiger partial charge in [-0.25, -0.2) is 4.79 Å². The lowest BCUT2D eigenvalue weighted by molar-refractivity contribution is 0.112. The number of aromatic nitrogens is 3. The number of fused-ring (bicyclic) bond motifs is 1. The highest BCUT2D eigenvalue weighted by atomic mass is 16.5. The monoisotopic (exact) mass is 274 g/mol. The fraction of sp³-hybridized carbons (Fsp3) is 0.385. The highest BCUT2D eigenvalue weighted by molar-refractivity contribution is 5.91. The molecule has 0 aliphatic carbocycles. The smallest absolute Gasteiger partial charge is 0.349 e. The minimum absolute atomic E-state index is 0.236. The van der Waals surface area contributed by atoms with Crippen LogP contribution < -0.4 is 0 Å². The fourth-order valence-electron chi connectivity index (χ4n) is 2.22. The predicted molar refractivity (Wildman–Crippen MR) is 70.4 cm³/mol. The molecular weight excluding hydrogens is 260 g/mol. The van der Waals surface area contributed by atoms with E-state index in [1.54, 1.807) is 23.1 Å². The van der Waals surface area contributed by atoms with Gasteiger partial charge in [0.25, 0.3) is 0 Å². The standard InChI is InChI=1S/C13H14N4O3/c1-13(2)7-20-8-16(13)12(19)17-11-4-3-9(6-18)5-10(11)14-15-17/h3-6H,7-8H2,1-2H3. The molecule has 2 heterocycles. The minimum Gasteiger partial charge on any atom is -0.359 e. The van der Waals surface area contributed by atoms with Crippen LogP contribution in [0.25, 0.3) is 11.0 Å². The average molecular weight is 274 g/mol. The van der Waals surface area contributed by atoms with Crippen LogP contribution in [0.2, 0.25) is 0 Å². The van der Waals surface area contributed by atoms with Crippen LogP contribution in [0.3, 0.4) is 0 Å². The third kappa shape index (κ3) is 1.87. The number of hydrogen-bond donors (Lipinski definition) is 0. The van der Waals surface area contributed by atoms with Crippen molar-refractivity contribution in [3.05, 3.63) is 23.8 Å². The van der Waals surface area contributed by atoms with E-state index in [0.717, 1.165) is 6.29 Å². The van der Waals surface area contributed by atoms with E-state index in [1.807, 2.05) is 13.8 Å². The third-order valence-corrected chi connectivity index (χ3v) is 3.42. The van der Waals surface area contributed by atoms with Crippen LogP contribution in [0.4, 0.5) is 4.79 Å². The van der Waals surface area contributed by atoms with Crippen LogP contribution in [0.15, 0.2) is 18.2 Å². The van der Waals surface area contributed by atoms with Crippen molar-refractivity contribution in [1.29, 1.82) is 0 Å². The molecule has 7 heteroatoms. The summed E-state index contributed by atoms with van der Waals surface area (Å²) >= 11 is 0. The number of carbonyl (C=O) groups excluding carboxylic acids is 2. The molecule has 1 fully saturated rings. The van der Waals surface area contributed by atoms with Crippen molar-refractivity contribution in [3.63, 3.8) is 0 Å². The molecule has 3 rings (SSSR count). The van der Waals surface area contributed by atoms with E-state index in [4.69, 9.17) is 4.74 Å². The lowest BCUT2D eigenvalue weighted by atomic mass is 10.1. The molecule has 1 aliphatic heterocycles. The van der Waals surface area contributed by atoms with Gasteiger partial charge in [0.1, 0.15) is 18.5 Å². The number of carbonyl (C=O) groups is 2. The fourth-order valence-corrected chi connectivity index (χ4v) is 2.22. The van der Waals surface area contributed by atoms with E-state index in [9.17, 15) is 9.59 Å². The van der Waals surface area contributed by atoms with Crippen LogP contribution in [0.1, 0.15) is 24.2 Å². The minimum atomic E-state index is -0.377. The summed E-state index contributed by atoms with van der Waals surface area (Å²) in [6.45, 7) is 4.59. The zero-order chi connectivity index (χ0) is 14.3. The maximum Gasteiger partial charge on any atom is 0.349 e. The van der Waals surface area contributed by atoms with Crippen molar-refractivity contribution in [2.75, 3.05) is 13.3 Å². The maximum absolute atomic E-state index is 12.5. The van der Waals surface area contributed by atoms with Crippen molar-refractivity contribution in [1.82, 2.24) is 19.9 Å². The second-order valence-corrected chi connectivity index (χ2v) is 5.37. The first-order chi connectivity index (χ1) is 9.53. The molecule has 0 spiro atoms. The molecule has 0 N–H and O–H groups in total. The van der Waals surface area contributed by atoms with Gasteiger partial charge >= 0.3 is 6.03 Å². The predicted octanol–water partition coefficient (Wildman–Crippen LogP) is 1.28. The molecule has 0 radical (unpaired) electrons. The Balaban J connectivity index is 2.02. The molecule has 2 aromatic rings. The van der Waals surface area contributed by atoms with Crippen molar-refractivity contribution in [2.24, 2.45) is 0 Å². The van der Waals surface area contributed by atoms with E-state index in [-0.39, 0.29) is 18.3 Å². The van der Waals surface area contributed by atoms with Gasteiger partial charge in [0, 0.05) is 5.56 Å². The van der Waals surface area contributed by atoms with Crippen LogP contribution in [-0.4, -0.2) is 51.1 Å². The van der Waals surface area contributed by atoms with Gasteiger partial charge in [-0.3, -0.25) is 9.69 Å². The molecule has 0 atom stereocenters. The number of aldehydes is 1. The van der Waals surface area contributed by atoms with Gasteiger partial charge in [-0.1, -0.05) is 5.21 Å². The van der Waals surface area contributed by atoms with Crippen LogP contribution >= 0.6 is 0 Å². The Labute approximate surface area is 115 Å².